The minimum Gasteiger partial charge on any atom is -0.323 e. The molecule has 0 radical (unpaired) electrons. The highest BCUT2D eigenvalue weighted by atomic mass is 16.1. The van der Waals surface area contributed by atoms with Crippen LogP contribution in [-0.2, 0) is 4.79 Å². The molecule has 5 heteroatoms. The standard InChI is InChI=1S/C10H16N4O/c1-3-13-8(2)4-10(15)14-9-5-11-7-12-6-9/h5-8,13H,3-4H2,1-2H3,(H,14,15). The van der Waals surface area contributed by atoms with Crippen LogP contribution >= 0.6 is 0 Å². The van der Waals surface area contributed by atoms with Crippen molar-refractivity contribution in [1.29, 1.82) is 0 Å². The Morgan fingerprint density at radius 1 is 1.47 bits per heavy atom. The predicted octanol–water partition coefficient (Wildman–Crippen LogP) is 0.803. The molecule has 1 unspecified atom stereocenters. The van der Waals surface area contributed by atoms with Crippen molar-refractivity contribution >= 4 is 11.6 Å². The fourth-order valence-electron chi connectivity index (χ4n) is 1.27. The number of amides is 1. The van der Waals surface area contributed by atoms with Crippen LogP contribution in [0.25, 0.3) is 0 Å². The maximum absolute atomic E-state index is 11.5. The maximum atomic E-state index is 11.5. The number of carbonyl (C=O) groups excluding carboxylic acids is 1. The van der Waals surface area contributed by atoms with Crippen LogP contribution in [0.1, 0.15) is 20.3 Å². The Balaban J connectivity index is 2.36. The fourth-order valence-corrected chi connectivity index (χ4v) is 1.27. The second-order valence-corrected chi connectivity index (χ2v) is 3.34. The second-order valence-electron chi connectivity index (χ2n) is 3.34. The molecule has 1 amide bonds. The molecule has 0 fully saturated rings. The molecule has 0 aliphatic rings. The number of anilines is 1. The molecule has 1 aromatic heterocycles. The first-order valence-corrected chi connectivity index (χ1v) is 5.00. The van der Waals surface area contributed by atoms with Gasteiger partial charge in [-0.05, 0) is 13.5 Å². The lowest BCUT2D eigenvalue weighted by atomic mass is 10.2. The zero-order valence-corrected chi connectivity index (χ0v) is 9.03. The molecule has 82 valence electrons. The average Bonchev–Trinajstić information content (AvgIpc) is 2.19. The van der Waals surface area contributed by atoms with E-state index in [4.69, 9.17) is 0 Å². The predicted molar refractivity (Wildman–Crippen MR) is 58.4 cm³/mol. The number of hydrogen-bond acceptors (Lipinski definition) is 4. The smallest absolute Gasteiger partial charge is 0.226 e. The minimum atomic E-state index is -0.0294. The van der Waals surface area contributed by atoms with Crippen molar-refractivity contribution in [2.45, 2.75) is 26.3 Å². The highest BCUT2D eigenvalue weighted by Gasteiger charge is 2.07. The first-order valence-electron chi connectivity index (χ1n) is 5.00. The number of hydrogen-bond donors (Lipinski definition) is 2. The van der Waals surface area contributed by atoms with Crippen molar-refractivity contribution in [2.24, 2.45) is 0 Å². The van der Waals surface area contributed by atoms with E-state index in [0.717, 1.165) is 6.54 Å². The number of nitrogens with one attached hydrogen (secondary N) is 2. The van der Waals surface area contributed by atoms with Gasteiger partial charge in [0.2, 0.25) is 5.91 Å². The van der Waals surface area contributed by atoms with E-state index >= 15 is 0 Å². The van der Waals surface area contributed by atoms with Gasteiger partial charge in [-0.2, -0.15) is 0 Å². The molecule has 0 spiro atoms. The summed E-state index contributed by atoms with van der Waals surface area (Å²) in [6.07, 6.45) is 5.02. The number of nitrogens with zero attached hydrogens (tertiary/aromatic N) is 2. The fraction of sp³-hybridized carbons (Fsp3) is 0.500. The molecule has 0 aliphatic heterocycles. The average molecular weight is 208 g/mol. The molecule has 0 saturated heterocycles. The monoisotopic (exact) mass is 208 g/mol. The number of aromatic nitrogens is 2. The number of rotatable bonds is 5. The van der Waals surface area contributed by atoms with Crippen molar-refractivity contribution in [3.8, 4) is 0 Å². The van der Waals surface area contributed by atoms with E-state index in [9.17, 15) is 4.79 Å². The summed E-state index contributed by atoms with van der Waals surface area (Å²) >= 11 is 0. The molecule has 1 atom stereocenters. The van der Waals surface area contributed by atoms with Gasteiger partial charge < -0.3 is 10.6 Å². The maximum Gasteiger partial charge on any atom is 0.226 e. The van der Waals surface area contributed by atoms with E-state index in [1.165, 1.54) is 6.33 Å². The Morgan fingerprint density at radius 2 is 2.13 bits per heavy atom. The molecule has 0 aromatic carbocycles. The van der Waals surface area contributed by atoms with Crippen molar-refractivity contribution in [1.82, 2.24) is 15.3 Å². The minimum absolute atomic E-state index is 0.0294. The van der Waals surface area contributed by atoms with E-state index in [0.29, 0.717) is 12.1 Å². The van der Waals surface area contributed by atoms with Crippen LogP contribution < -0.4 is 10.6 Å². The lowest BCUT2D eigenvalue weighted by Gasteiger charge is -2.11. The summed E-state index contributed by atoms with van der Waals surface area (Å²) in [5.74, 6) is -0.0294. The van der Waals surface area contributed by atoms with E-state index < -0.39 is 0 Å². The molecule has 0 bridgehead atoms. The van der Waals surface area contributed by atoms with Gasteiger partial charge in [0.1, 0.15) is 6.33 Å². The molecule has 1 heterocycles. The molecular formula is C10H16N4O. The van der Waals surface area contributed by atoms with Crippen LogP contribution in [0.5, 0.6) is 0 Å². The summed E-state index contributed by atoms with van der Waals surface area (Å²) in [4.78, 5) is 19.1. The molecule has 5 nitrogen and oxygen atoms in total. The molecule has 15 heavy (non-hydrogen) atoms. The molecule has 2 N–H and O–H groups in total. The van der Waals surface area contributed by atoms with E-state index in [-0.39, 0.29) is 11.9 Å². The summed E-state index contributed by atoms with van der Waals surface area (Å²) in [6, 6.07) is 0.180. The quantitative estimate of drug-likeness (QED) is 0.751. The van der Waals surface area contributed by atoms with Gasteiger partial charge in [0.05, 0.1) is 18.1 Å². The summed E-state index contributed by atoms with van der Waals surface area (Å²) in [5, 5.41) is 5.90. The number of carbonyl (C=O) groups is 1. The van der Waals surface area contributed by atoms with Gasteiger partial charge in [-0.15, -0.1) is 0 Å². The molecule has 1 rings (SSSR count). The lowest BCUT2D eigenvalue weighted by molar-refractivity contribution is -0.116. The Kier molecular flexibility index (Phi) is 4.70. The SMILES string of the molecule is CCNC(C)CC(=O)Nc1cncnc1. The van der Waals surface area contributed by atoms with Gasteiger partial charge in [0, 0.05) is 12.5 Å². The first kappa shape index (κ1) is 11.6. The highest BCUT2D eigenvalue weighted by Crippen LogP contribution is 2.02. The second kappa shape index (κ2) is 6.08. The molecule has 0 aliphatic carbocycles. The van der Waals surface area contributed by atoms with Gasteiger partial charge in [0.15, 0.2) is 0 Å². The Bertz CT molecular complexity index is 302. The third-order valence-electron chi connectivity index (χ3n) is 1.89. The van der Waals surface area contributed by atoms with Crippen LogP contribution in [-0.4, -0.2) is 28.5 Å². The van der Waals surface area contributed by atoms with Gasteiger partial charge in [0.25, 0.3) is 0 Å². The summed E-state index contributed by atoms with van der Waals surface area (Å²) < 4.78 is 0. The largest absolute Gasteiger partial charge is 0.323 e. The molecule has 1 aromatic rings. The Labute approximate surface area is 89.3 Å². The third-order valence-corrected chi connectivity index (χ3v) is 1.89. The van der Waals surface area contributed by atoms with E-state index in [2.05, 4.69) is 20.6 Å². The Hall–Kier alpha value is -1.49. The van der Waals surface area contributed by atoms with Crippen LogP contribution in [0.3, 0.4) is 0 Å². The van der Waals surface area contributed by atoms with Gasteiger partial charge in [-0.25, -0.2) is 9.97 Å². The van der Waals surface area contributed by atoms with Gasteiger partial charge >= 0.3 is 0 Å². The van der Waals surface area contributed by atoms with E-state index in [1.54, 1.807) is 12.4 Å². The van der Waals surface area contributed by atoms with Gasteiger partial charge in [-0.3, -0.25) is 4.79 Å². The Morgan fingerprint density at radius 3 is 2.73 bits per heavy atom. The van der Waals surface area contributed by atoms with Crippen molar-refractivity contribution in [3.05, 3.63) is 18.7 Å². The van der Waals surface area contributed by atoms with E-state index in [1.807, 2.05) is 13.8 Å². The van der Waals surface area contributed by atoms with Crippen molar-refractivity contribution in [2.75, 3.05) is 11.9 Å². The van der Waals surface area contributed by atoms with Crippen LogP contribution in [0.2, 0.25) is 0 Å². The zero-order valence-electron chi connectivity index (χ0n) is 9.03. The molecular weight excluding hydrogens is 192 g/mol. The highest BCUT2D eigenvalue weighted by molar-refractivity contribution is 5.90. The third kappa shape index (κ3) is 4.51. The lowest BCUT2D eigenvalue weighted by Crippen LogP contribution is -2.30. The normalized spacial score (nSPS) is 12.1. The summed E-state index contributed by atoms with van der Waals surface area (Å²) in [7, 11) is 0. The topological polar surface area (TPSA) is 66.9 Å². The van der Waals surface area contributed by atoms with Crippen LogP contribution in [0.4, 0.5) is 5.69 Å². The van der Waals surface area contributed by atoms with Crippen molar-refractivity contribution < 1.29 is 4.79 Å². The van der Waals surface area contributed by atoms with Crippen LogP contribution in [0, 0.1) is 0 Å². The summed E-state index contributed by atoms with van der Waals surface area (Å²) in [6.45, 7) is 4.85. The van der Waals surface area contributed by atoms with Crippen molar-refractivity contribution in [3.63, 3.8) is 0 Å². The molecule has 0 saturated carbocycles. The zero-order chi connectivity index (χ0) is 11.1. The van der Waals surface area contributed by atoms with Gasteiger partial charge in [-0.1, -0.05) is 6.92 Å². The summed E-state index contributed by atoms with van der Waals surface area (Å²) in [5.41, 5.74) is 0.631. The van der Waals surface area contributed by atoms with Crippen LogP contribution in [0.15, 0.2) is 18.7 Å². The first-order chi connectivity index (χ1) is 7.22.